The molecular formula is C16H23N3O3S. The number of rotatable bonds is 4. The van der Waals surface area contributed by atoms with Crippen molar-refractivity contribution in [2.45, 2.75) is 31.6 Å². The van der Waals surface area contributed by atoms with Crippen molar-refractivity contribution in [2.24, 2.45) is 5.73 Å². The van der Waals surface area contributed by atoms with Gasteiger partial charge in [-0.25, -0.2) is 0 Å². The van der Waals surface area contributed by atoms with Gasteiger partial charge in [0, 0.05) is 40.9 Å². The van der Waals surface area contributed by atoms with Crippen molar-refractivity contribution in [1.82, 2.24) is 4.90 Å². The van der Waals surface area contributed by atoms with Gasteiger partial charge in [0.05, 0.1) is 10.8 Å². The molecule has 1 fully saturated rings. The van der Waals surface area contributed by atoms with E-state index in [1.807, 2.05) is 20.8 Å². The molecule has 0 aliphatic carbocycles. The van der Waals surface area contributed by atoms with Crippen LogP contribution < -0.4 is 11.1 Å². The van der Waals surface area contributed by atoms with Crippen LogP contribution in [0, 0.1) is 0 Å². The first-order chi connectivity index (χ1) is 10.7. The SMILES string of the molecule is C[C@H](C(=O)Nc1ccc(C(N)=O)cc1)N1CC[S@@](=O)C(C)(C)C1. The Balaban J connectivity index is 2.00. The van der Waals surface area contributed by atoms with Gasteiger partial charge in [-0.2, -0.15) is 0 Å². The minimum atomic E-state index is -0.863. The number of hydrogen-bond donors (Lipinski definition) is 2. The fourth-order valence-electron chi connectivity index (χ4n) is 2.58. The molecule has 2 amide bonds. The smallest absolute Gasteiger partial charge is 0.248 e. The van der Waals surface area contributed by atoms with Gasteiger partial charge in [0.15, 0.2) is 0 Å². The van der Waals surface area contributed by atoms with Crippen LogP contribution >= 0.6 is 0 Å². The zero-order valence-corrected chi connectivity index (χ0v) is 14.5. The van der Waals surface area contributed by atoms with Crippen LogP contribution in [0.2, 0.25) is 0 Å². The van der Waals surface area contributed by atoms with E-state index in [1.54, 1.807) is 24.3 Å². The van der Waals surface area contributed by atoms with E-state index in [-0.39, 0.29) is 16.7 Å². The average molecular weight is 337 g/mol. The zero-order valence-electron chi connectivity index (χ0n) is 13.7. The van der Waals surface area contributed by atoms with Crippen molar-refractivity contribution >= 4 is 28.3 Å². The summed E-state index contributed by atoms with van der Waals surface area (Å²) in [4.78, 5) is 25.5. The first-order valence-electron chi connectivity index (χ1n) is 7.54. The van der Waals surface area contributed by atoms with Gasteiger partial charge in [-0.15, -0.1) is 0 Å². The maximum atomic E-state index is 12.4. The Kier molecular flexibility index (Phi) is 5.21. The Morgan fingerprint density at radius 3 is 2.43 bits per heavy atom. The minimum absolute atomic E-state index is 0.125. The van der Waals surface area contributed by atoms with Gasteiger partial charge < -0.3 is 11.1 Å². The Bertz CT molecular complexity index is 628. The second-order valence-electron chi connectivity index (χ2n) is 6.39. The van der Waals surface area contributed by atoms with Gasteiger partial charge in [0.2, 0.25) is 11.8 Å². The lowest BCUT2D eigenvalue weighted by atomic mass is 10.1. The highest BCUT2D eigenvalue weighted by molar-refractivity contribution is 7.86. The summed E-state index contributed by atoms with van der Waals surface area (Å²) in [5.41, 5.74) is 6.21. The van der Waals surface area contributed by atoms with Crippen LogP contribution in [0.1, 0.15) is 31.1 Å². The number of carbonyl (C=O) groups excluding carboxylic acids is 2. The average Bonchev–Trinajstić information content (AvgIpc) is 2.49. The highest BCUT2D eigenvalue weighted by atomic mass is 32.2. The fraction of sp³-hybridized carbons (Fsp3) is 0.500. The van der Waals surface area contributed by atoms with E-state index in [1.165, 1.54) is 0 Å². The molecule has 0 bridgehead atoms. The largest absolute Gasteiger partial charge is 0.366 e. The van der Waals surface area contributed by atoms with Crippen LogP contribution in [0.5, 0.6) is 0 Å². The predicted octanol–water partition coefficient (Wildman–Crippen LogP) is 0.955. The number of hydrogen-bond acceptors (Lipinski definition) is 4. The highest BCUT2D eigenvalue weighted by Crippen LogP contribution is 2.22. The molecule has 0 radical (unpaired) electrons. The van der Waals surface area contributed by atoms with Crippen molar-refractivity contribution in [2.75, 3.05) is 24.2 Å². The molecule has 0 spiro atoms. The van der Waals surface area contributed by atoms with Gasteiger partial charge in [0.1, 0.15) is 0 Å². The lowest BCUT2D eigenvalue weighted by Crippen LogP contribution is -2.55. The summed E-state index contributed by atoms with van der Waals surface area (Å²) >= 11 is 0. The van der Waals surface area contributed by atoms with E-state index in [0.29, 0.717) is 30.1 Å². The molecule has 2 rings (SSSR count). The third-order valence-electron chi connectivity index (χ3n) is 4.13. The molecule has 6 nitrogen and oxygen atoms in total. The van der Waals surface area contributed by atoms with Crippen LogP contribution in [-0.2, 0) is 15.6 Å². The van der Waals surface area contributed by atoms with Crippen LogP contribution in [0.25, 0.3) is 0 Å². The van der Waals surface area contributed by atoms with E-state index in [4.69, 9.17) is 5.73 Å². The number of carbonyl (C=O) groups is 2. The van der Waals surface area contributed by atoms with Gasteiger partial charge in [0.25, 0.3) is 0 Å². The molecule has 1 heterocycles. The van der Waals surface area contributed by atoms with E-state index in [9.17, 15) is 13.8 Å². The molecule has 7 heteroatoms. The molecule has 0 saturated carbocycles. The number of nitrogens with two attached hydrogens (primary N) is 1. The van der Waals surface area contributed by atoms with Gasteiger partial charge in [-0.05, 0) is 45.0 Å². The molecule has 0 unspecified atom stereocenters. The normalized spacial score (nSPS) is 22.3. The summed E-state index contributed by atoms with van der Waals surface area (Å²) in [7, 11) is -0.863. The van der Waals surface area contributed by atoms with Crippen molar-refractivity contribution < 1.29 is 13.8 Å². The summed E-state index contributed by atoms with van der Waals surface area (Å²) in [6, 6.07) is 6.15. The minimum Gasteiger partial charge on any atom is -0.366 e. The first kappa shape index (κ1) is 17.6. The lowest BCUT2D eigenvalue weighted by molar-refractivity contribution is -0.120. The Labute approximate surface area is 138 Å². The summed E-state index contributed by atoms with van der Waals surface area (Å²) < 4.78 is 11.7. The van der Waals surface area contributed by atoms with Gasteiger partial charge in [-0.3, -0.25) is 18.7 Å². The molecule has 1 saturated heterocycles. The summed E-state index contributed by atoms with van der Waals surface area (Å²) in [5, 5.41) is 2.84. The van der Waals surface area contributed by atoms with Crippen molar-refractivity contribution in [1.29, 1.82) is 0 Å². The molecule has 1 aliphatic rings. The summed E-state index contributed by atoms with van der Waals surface area (Å²) in [5.74, 6) is -0.0436. The van der Waals surface area contributed by atoms with Gasteiger partial charge in [-0.1, -0.05) is 0 Å². The van der Waals surface area contributed by atoms with E-state index >= 15 is 0 Å². The van der Waals surface area contributed by atoms with E-state index < -0.39 is 16.7 Å². The summed E-state index contributed by atoms with van der Waals surface area (Å²) in [6.07, 6.45) is 0. The molecule has 126 valence electrons. The molecule has 1 aliphatic heterocycles. The molecule has 1 aromatic rings. The van der Waals surface area contributed by atoms with Crippen molar-refractivity contribution in [3.63, 3.8) is 0 Å². The third-order valence-corrected chi connectivity index (χ3v) is 6.04. The predicted molar refractivity (Wildman–Crippen MR) is 91.7 cm³/mol. The third kappa shape index (κ3) is 4.17. The number of benzene rings is 1. The standard InChI is InChI=1S/C16H23N3O3S/c1-11(19-8-9-23(22)16(2,3)10-19)15(21)18-13-6-4-12(5-7-13)14(17)20/h4-7,11H,8-10H2,1-3H3,(H2,17,20)(H,18,21)/t11-,23-/m1/s1. The number of anilines is 1. The second-order valence-corrected chi connectivity index (χ2v) is 8.59. The molecule has 2 atom stereocenters. The molecule has 1 aromatic carbocycles. The second kappa shape index (κ2) is 6.80. The molecular weight excluding hydrogens is 314 g/mol. The first-order valence-corrected chi connectivity index (χ1v) is 8.86. The number of primary amides is 1. The van der Waals surface area contributed by atoms with E-state index in [2.05, 4.69) is 10.2 Å². The van der Waals surface area contributed by atoms with Crippen LogP contribution in [0.4, 0.5) is 5.69 Å². The molecule has 0 aromatic heterocycles. The van der Waals surface area contributed by atoms with Crippen LogP contribution in [0.15, 0.2) is 24.3 Å². The topological polar surface area (TPSA) is 92.5 Å². The van der Waals surface area contributed by atoms with Crippen LogP contribution in [0.3, 0.4) is 0 Å². The fourth-order valence-corrected chi connectivity index (χ4v) is 3.84. The monoisotopic (exact) mass is 337 g/mol. The quantitative estimate of drug-likeness (QED) is 0.856. The Morgan fingerprint density at radius 2 is 1.91 bits per heavy atom. The van der Waals surface area contributed by atoms with Crippen molar-refractivity contribution in [3.8, 4) is 0 Å². The maximum Gasteiger partial charge on any atom is 0.248 e. The summed E-state index contributed by atoms with van der Waals surface area (Å²) in [6.45, 7) is 7.03. The Morgan fingerprint density at radius 1 is 1.30 bits per heavy atom. The maximum absolute atomic E-state index is 12.4. The molecule has 23 heavy (non-hydrogen) atoms. The highest BCUT2D eigenvalue weighted by Gasteiger charge is 2.36. The Hall–Kier alpha value is -1.73. The van der Waals surface area contributed by atoms with Crippen molar-refractivity contribution in [3.05, 3.63) is 29.8 Å². The molecule has 3 N–H and O–H groups in total. The van der Waals surface area contributed by atoms with Gasteiger partial charge >= 0.3 is 0 Å². The number of nitrogens with zero attached hydrogens (tertiary/aromatic N) is 1. The number of nitrogens with one attached hydrogen (secondary N) is 1. The van der Waals surface area contributed by atoms with Crippen LogP contribution in [-0.4, -0.2) is 50.6 Å². The van der Waals surface area contributed by atoms with E-state index in [0.717, 1.165) is 0 Å². The lowest BCUT2D eigenvalue weighted by Gasteiger charge is -2.39. The zero-order chi connectivity index (χ0) is 17.2. The number of amides is 2.